The van der Waals surface area contributed by atoms with Gasteiger partial charge in [-0.05, 0) is 24.5 Å². The van der Waals surface area contributed by atoms with Gasteiger partial charge in [0, 0.05) is 0 Å². The zero-order valence-electron chi connectivity index (χ0n) is 11.7. The summed E-state index contributed by atoms with van der Waals surface area (Å²) in [6.07, 6.45) is 0.722. The summed E-state index contributed by atoms with van der Waals surface area (Å²) in [6.45, 7) is 4.16. The van der Waals surface area contributed by atoms with Crippen LogP contribution in [0.15, 0.2) is 18.2 Å². The van der Waals surface area contributed by atoms with Crippen LogP contribution >= 0.6 is 11.6 Å². The minimum atomic E-state index is -0.454. The molecule has 21 heavy (non-hydrogen) atoms. The molecule has 0 aliphatic rings. The van der Waals surface area contributed by atoms with Crippen molar-refractivity contribution in [3.63, 3.8) is 0 Å². The van der Waals surface area contributed by atoms with Crippen LogP contribution in [0.4, 0.5) is 10.2 Å². The SMILES string of the molecule is CC(C)Cc1nn(-c2c(F)cccc2Cl)c2n[nH]c(N)c12. The topological polar surface area (TPSA) is 72.5 Å². The second kappa shape index (κ2) is 5.04. The standard InChI is InChI=1S/C14H15ClFN5/c1-7(2)6-10-11-13(17)18-19-14(11)21(20-10)12-8(15)4-3-5-9(12)16/h3-5,7H,6H2,1-2H3,(H3,17,18,19). The minimum Gasteiger partial charge on any atom is -0.383 e. The molecule has 5 nitrogen and oxygen atoms in total. The molecule has 0 unspecified atom stereocenters. The van der Waals surface area contributed by atoms with E-state index in [9.17, 15) is 4.39 Å². The van der Waals surface area contributed by atoms with Gasteiger partial charge in [-0.2, -0.15) is 10.2 Å². The Balaban J connectivity index is 2.29. The quantitative estimate of drug-likeness (QED) is 0.779. The van der Waals surface area contributed by atoms with Gasteiger partial charge in [-0.25, -0.2) is 9.07 Å². The molecule has 0 aliphatic heterocycles. The van der Waals surface area contributed by atoms with Crippen LogP contribution in [0.3, 0.4) is 0 Å². The highest BCUT2D eigenvalue weighted by molar-refractivity contribution is 6.32. The molecule has 7 heteroatoms. The molecule has 0 spiro atoms. The van der Waals surface area contributed by atoms with Crippen molar-refractivity contribution in [3.05, 3.63) is 34.7 Å². The van der Waals surface area contributed by atoms with E-state index in [0.29, 0.717) is 17.4 Å². The van der Waals surface area contributed by atoms with Gasteiger partial charge in [0.15, 0.2) is 5.65 Å². The number of rotatable bonds is 3. The van der Waals surface area contributed by atoms with Crippen LogP contribution in [0.2, 0.25) is 5.02 Å². The lowest BCUT2D eigenvalue weighted by molar-refractivity contribution is 0.604. The number of nitrogens with one attached hydrogen (secondary N) is 1. The molecule has 3 aromatic rings. The monoisotopic (exact) mass is 307 g/mol. The second-order valence-electron chi connectivity index (χ2n) is 5.36. The molecular weight excluding hydrogens is 293 g/mol. The van der Waals surface area contributed by atoms with Crippen molar-refractivity contribution >= 4 is 28.5 Å². The maximum absolute atomic E-state index is 14.1. The van der Waals surface area contributed by atoms with Gasteiger partial charge in [0.25, 0.3) is 0 Å². The molecule has 0 amide bonds. The van der Waals surface area contributed by atoms with Crippen molar-refractivity contribution in [2.24, 2.45) is 5.92 Å². The molecule has 0 bridgehead atoms. The van der Waals surface area contributed by atoms with E-state index in [1.807, 2.05) is 0 Å². The largest absolute Gasteiger partial charge is 0.383 e. The number of hydrogen-bond donors (Lipinski definition) is 2. The number of nitrogens with two attached hydrogens (primary N) is 1. The third-order valence-corrected chi connectivity index (χ3v) is 3.54. The molecule has 3 rings (SSSR count). The Morgan fingerprint density at radius 3 is 2.86 bits per heavy atom. The number of H-pyrrole nitrogens is 1. The number of benzene rings is 1. The van der Waals surface area contributed by atoms with Crippen molar-refractivity contribution in [2.75, 3.05) is 5.73 Å². The summed E-state index contributed by atoms with van der Waals surface area (Å²) >= 11 is 6.12. The molecule has 0 atom stereocenters. The summed E-state index contributed by atoms with van der Waals surface area (Å²) in [4.78, 5) is 0. The molecule has 2 heterocycles. The molecule has 0 aliphatic carbocycles. The molecule has 2 aromatic heterocycles. The van der Waals surface area contributed by atoms with Gasteiger partial charge in [0.05, 0.1) is 16.1 Å². The average Bonchev–Trinajstić information content (AvgIpc) is 2.92. The van der Waals surface area contributed by atoms with Crippen LogP contribution in [0.25, 0.3) is 16.7 Å². The van der Waals surface area contributed by atoms with Crippen molar-refractivity contribution in [3.8, 4) is 5.69 Å². The van der Waals surface area contributed by atoms with E-state index < -0.39 is 5.82 Å². The van der Waals surface area contributed by atoms with E-state index in [1.54, 1.807) is 12.1 Å². The zero-order valence-corrected chi connectivity index (χ0v) is 12.4. The van der Waals surface area contributed by atoms with Crippen LogP contribution in [-0.4, -0.2) is 20.0 Å². The molecule has 3 N–H and O–H groups in total. The number of aromatic nitrogens is 4. The Morgan fingerprint density at radius 1 is 1.43 bits per heavy atom. The number of anilines is 1. The van der Waals surface area contributed by atoms with Crippen LogP contribution < -0.4 is 5.73 Å². The first-order chi connectivity index (χ1) is 9.99. The molecule has 110 valence electrons. The molecule has 0 saturated carbocycles. The first-order valence-electron chi connectivity index (χ1n) is 6.65. The lowest BCUT2D eigenvalue weighted by Gasteiger charge is -2.06. The average molecular weight is 308 g/mol. The van der Waals surface area contributed by atoms with E-state index in [4.69, 9.17) is 17.3 Å². The number of nitrogens with zero attached hydrogens (tertiary/aromatic N) is 3. The van der Waals surface area contributed by atoms with Gasteiger partial charge >= 0.3 is 0 Å². The first-order valence-corrected chi connectivity index (χ1v) is 7.02. The van der Waals surface area contributed by atoms with Gasteiger partial charge in [-0.15, -0.1) is 0 Å². The summed E-state index contributed by atoms with van der Waals surface area (Å²) in [5.41, 5.74) is 7.37. The molecule has 0 saturated heterocycles. The third kappa shape index (κ3) is 2.25. The summed E-state index contributed by atoms with van der Waals surface area (Å²) in [5, 5.41) is 12.3. The van der Waals surface area contributed by atoms with Crippen molar-refractivity contribution < 1.29 is 4.39 Å². The lowest BCUT2D eigenvalue weighted by Crippen LogP contribution is -2.04. The fourth-order valence-corrected chi connectivity index (χ4v) is 2.62. The molecule has 0 radical (unpaired) electrons. The van der Waals surface area contributed by atoms with E-state index in [1.165, 1.54) is 10.7 Å². The van der Waals surface area contributed by atoms with E-state index in [-0.39, 0.29) is 10.7 Å². The van der Waals surface area contributed by atoms with Gasteiger partial charge < -0.3 is 5.73 Å². The lowest BCUT2D eigenvalue weighted by atomic mass is 10.1. The third-order valence-electron chi connectivity index (χ3n) is 3.24. The maximum Gasteiger partial charge on any atom is 0.186 e. The highest BCUT2D eigenvalue weighted by Crippen LogP contribution is 2.30. The first kappa shape index (κ1) is 13.9. The number of para-hydroxylation sites is 1. The molecule has 0 fully saturated rings. The van der Waals surface area contributed by atoms with E-state index in [0.717, 1.165) is 17.5 Å². The van der Waals surface area contributed by atoms with E-state index in [2.05, 4.69) is 29.1 Å². The molecular formula is C14H15ClFN5. The van der Waals surface area contributed by atoms with Crippen LogP contribution in [0.5, 0.6) is 0 Å². The second-order valence-corrected chi connectivity index (χ2v) is 5.77. The number of nitrogen functional groups attached to an aromatic ring is 1. The fraction of sp³-hybridized carbons (Fsp3) is 0.286. The maximum atomic E-state index is 14.1. The van der Waals surface area contributed by atoms with Crippen LogP contribution in [-0.2, 0) is 6.42 Å². The highest BCUT2D eigenvalue weighted by atomic mass is 35.5. The molecule has 1 aromatic carbocycles. The van der Waals surface area contributed by atoms with E-state index >= 15 is 0 Å². The Hall–Kier alpha value is -2.08. The fourth-order valence-electron chi connectivity index (χ4n) is 2.38. The normalized spacial score (nSPS) is 11.7. The van der Waals surface area contributed by atoms with Crippen molar-refractivity contribution in [1.82, 2.24) is 20.0 Å². The zero-order chi connectivity index (χ0) is 15.1. The Bertz CT molecular complexity index is 785. The van der Waals surface area contributed by atoms with Crippen molar-refractivity contribution in [2.45, 2.75) is 20.3 Å². The summed E-state index contributed by atoms with van der Waals surface area (Å²) in [5.74, 6) is 0.367. The Morgan fingerprint density at radius 2 is 2.19 bits per heavy atom. The summed E-state index contributed by atoms with van der Waals surface area (Å²) < 4.78 is 15.5. The number of fused-ring (bicyclic) bond motifs is 1. The van der Waals surface area contributed by atoms with Crippen LogP contribution in [0, 0.1) is 11.7 Å². The predicted octanol–water partition coefficient (Wildman–Crippen LogP) is 3.32. The van der Waals surface area contributed by atoms with Crippen LogP contribution in [0.1, 0.15) is 19.5 Å². The summed E-state index contributed by atoms with van der Waals surface area (Å²) in [7, 11) is 0. The minimum absolute atomic E-state index is 0.186. The number of hydrogen-bond acceptors (Lipinski definition) is 3. The predicted molar refractivity (Wildman–Crippen MR) is 81.1 cm³/mol. The van der Waals surface area contributed by atoms with Crippen molar-refractivity contribution in [1.29, 1.82) is 0 Å². The summed E-state index contributed by atoms with van der Waals surface area (Å²) in [6, 6.07) is 4.51. The smallest absolute Gasteiger partial charge is 0.186 e. The Labute approximate surface area is 125 Å². The highest BCUT2D eigenvalue weighted by Gasteiger charge is 2.21. The van der Waals surface area contributed by atoms with Gasteiger partial charge in [0.1, 0.15) is 17.3 Å². The van der Waals surface area contributed by atoms with Gasteiger partial charge in [-0.1, -0.05) is 31.5 Å². The van der Waals surface area contributed by atoms with Gasteiger partial charge in [0.2, 0.25) is 0 Å². The number of aromatic amines is 1. The Kier molecular flexibility index (Phi) is 3.33. The van der Waals surface area contributed by atoms with Gasteiger partial charge in [-0.3, -0.25) is 5.10 Å². The number of halogens is 2.